The number of rotatable bonds is 4. The van der Waals surface area contributed by atoms with Crippen molar-refractivity contribution in [3.8, 4) is 11.5 Å². The van der Waals surface area contributed by atoms with Crippen LogP contribution >= 0.6 is 31.9 Å². The monoisotopic (exact) mass is 384 g/mol. The second-order valence-electron chi connectivity index (χ2n) is 4.17. The standard InChI is InChI=1S/C15H14Br2O2/c1-2-14(18)10-3-6-12(7-4-10)19-15-8-5-11(16)9-13(15)17/h3-9,14,18H,2H2,1H3/t14-/m1/s1. The molecule has 0 aromatic heterocycles. The van der Waals surface area contributed by atoms with E-state index >= 15 is 0 Å². The van der Waals surface area contributed by atoms with Crippen LogP contribution in [0.25, 0.3) is 0 Å². The van der Waals surface area contributed by atoms with E-state index in [1.165, 1.54) is 0 Å². The van der Waals surface area contributed by atoms with E-state index in [0.717, 1.165) is 26.0 Å². The van der Waals surface area contributed by atoms with E-state index in [4.69, 9.17) is 4.74 Å². The molecule has 0 aliphatic heterocycles. The fourth-order valence-electron chi connectivity index (χ4n) is 1.68. The number of hydrogen-bond acceptors (Lipinski definition) is 2. The van der Waals surface area contributed by atoms with Gasteiger partial charge >= 0.3 is 0 Å². The lowest BCUT2D eigenvalue weighted by molar-refractivity contribution is 0.173. The van der Waals surface area contributed by atoms with E-state index in [1.54, 1.807) is 0 Å². The van der Waals surface area contributed by atoms with E-state index < -0.39 is 6.10 Å². The van der Waals surface area contributed by atoms with Crippen molar-refractivity contribution in [3.63, 3.8) is 0 Å². The van der Waals surface area contributed by atoms with Gasteiger partial charge in [0.25, 0.3) is 0 Å². The number of halogens is 2. The molecule has 0 spiro atoms. The van der Waals surface area contributed by atoms with Gasteiger partial charge in [-0.15, -0.1) is 0 Å². The first-order chi connectivity index (χ1) is 9.10. The minimum atomic E-state index is -0.409. The van der Waals surface area contributed by atoms with Crippen molar-refractivity contribution >= 4 is 31.9 Å². The molecule has 0 amide bonds. The van der Waals surface area contributed by atoms with Crippen molar-refractivity contribution in [2.24, 2.45) is 0 Å². The summed E-state index contributed by atoms with van der Waals surface area (Å²) in [6.45, 7) is 1.95. The minimum absolute atomic E-state index is 0.409. The van der Waals surface area contributed by atoms with E-state index in [1.807, 2.05) is 49.4 Å². The normalized spacial score (nSPS) is 12.2. The Morgan fingerprint density at radius 1 is 1.11 bits per heavy atom. The van der Waals surface area contributed by atoms with Crippen LogP contribution in [-0.4, -0.2) is 5.11 Å². The molecule has 0 heterocycles. The van der Waals surface area contributed by atoms with Crippen LogP contribution in [0, 0.1) is 0 Å². The highest BCUT2D eigenvalue weighted by Gasteiger charge is 2.06. The number of hydrogen-bond donors (Lipinski definition) is 1. The SMILES string of the molecule is CC[C@@H](O)c1ccc(Oc2ccc(Br)cc2Br)cc1. The van der Waals surface area contributed by atoms with Gasteiger partial charge in [-0.3, -0.25) is 0 Å². The number of ether oxygens (including phenoxy) is 1. The predicted molar refractivity (Wildman–Crippen MR) is 83.6 cm³/mol. The molecular formula is C15H14Br2O2. The van der Waals surface area contributed by atoms with Crippen molar-refractivity contribution in [2.75, 3.05) is 0 Å². The number of aliphatic hydroxyl groups is 1. The Hall–Kier alpha value is -0.840. The molecule has 0 radical (unpaired) electrons. The van der Waals surface area contributed by atoms with Gasteiger partial charge in [0.2, 0.25) is 0 Å². The second kappa shape index (κ2) is 6.55. The van der Waals surface area contributed by atoms with Gasteiger partial charge in [-0.05, 0) is 58.2 Å². The smallest absolute Gasteiger partial charge is 0.141 e. The van der Waals surface area contributed by atoms with Crippen molar-refractivity contribution in [1.82, 2.24) is 0 Å². The molecule has 100 valence electrons. The summed E-state index contributed by atoms with van der Waals surface area (Å²) in [6, 6.07) is 13.3. The molecule has 1 atom stereocenters. The average molecular weight is 386 g/mol. The molecule has 0 aliphatic rings. The van der Waals surface area contributed by atoms with Crippen LogP contribution in [0.3, 0.4) is 0 Å². The van der Waals surface area contributed by atoms with Gasteiger partial charge in [-0.25, -0.2) is 0 Å². The highest BCUT2D eigenvalue weighted by molar-refractivity contribution is 9.11. The molecule has 2 nitrogen and oxygen atoms in total. The quantitative estimate of drug-likeness (QED) is 0.758. The first-order valence-corrected chi connectivity index (χ1v) is 7.59. The molecule has 0 fully saturated rings. The van der Waals surface area contributed by atoms with Gasteiger partial charge in [0.1, 0.15) is 11.5 Å². The molecule has 4 heteroatoms. The predicted octanol–water partition coefficient (Wildman–Crippen LogP) is 5.45. The third kappa shape index (κ3) is 3.81. The molecule has 0 aliphatic carbocycles. The zero-order valence-electron chi connectivity index (χ0n) is 10.4. The summed E-state index contributed by atoms with van der Waals surface area (Å²) in [6.07, 6.45) is 0.298. The first kappa shape index (κ1) is 14.6. The van der Waals surface area contributed by atoms with Crippen LogP contribution < -0.4 is 4.74 Å². The Labute approximate surface area is 129 Å². The average Bonchev–Trinajstić information content (AvgIpc) is 2.42. The van der Waals surface area contributed by atoms with Crippen LogP contribution in [0.5, 0.6) is 11.5 Å². The maximum Gasteiger partial charge on any atom is 0.141 e. The number of aliphatic hydroxyl groups excluding tert-OH is 1. The van der Waals surface area contributed by atoms with Crippen molar-refractivity contribution in [2.45, 2.75) is 19.4 Å². The van der Waals surface area contributed by atoms with Gasteiger partial charge in [0.15, 0.2) is 0 Å². The van der Waals surface area contributed by atoms with Crippen LogP contribution in [0.1, 0.15) is 25.0 Å². The Bertz CT molecular complexity index is 553. The topological polar surface area (TPSA) is 29.5 Å². The van der Waals surface area contributed by atoms with Gasteiger partial charge in [-0.2, -0.15) is 0 Å². The summed E-state index contributed by atoms with van der Waals surface area (Å²) in [5.74, 6) is 1.50. The Morgan fingerprint density at radius 2 is 1.79 bits per heavy atom. The summed E-state index contributed by atoms with van der Waals surface area (Å²) in [5, 5.41) is 9.73. The lowest BCUT2D eigenvalue weighted by Gasteiger charge is -2.11. The maximum absolute atomic E-state index is 9.73. The summed E-state index contributed by atoms with van der Waals surface area (Å²) >= 11 is 6.86. The van der Waals surface area contributed by atoms with Crippen LogP contribution in [0.15, 0.2) is 51.4 Å². The molecular weight excluding hydrogens is 372 g/mol. The zero-order valence-corrected chi connectivity index (χ0v) is 13.6. The van der Waals surface area contributed by atoms with Gasteiger partial charge in [0.05, 0.1) is 10.6 Å². The van der Waals surface area contributed by atoms with Crippen LogP contribution in [0.2, 0.25) is 0 Å². The fourth-order valence-corrected chi connectivity index (χ4v) is 2.81. The lowest BCUT2D eigenvalue weighted by atomic mass is 10.1. The molecule has 1 N–H and O–H groups in total. The molecule has 0 saturated carbocycles. The summed E-state index contributed by atoms with van der Waals surface area (Å²) in [5.41, 5.74) is 0.907. The summed E-state index contributed by atoms with van der Waals surface area (Å²) in [4.78, 5) is 0. The third-order valence-electron chi connectivity index (χ3n) is 2.77. The largest absolute Gasteiger partial charge is 0.456 e. The Balaban J connectivity index is 2.15. The van der Waals surface area contributed by atoms with Gasteiger partial charge in [0, 0.05) is 4.47 Å². The highest BCUT2D eigenvalue weighted by atomic mass is 79.9. The van der Waals surface area contributed by atoms with E-state index in [9.17, 15) is 5.11 Å². The fraction of sp³-hybridized carbons (Fsp3) is 0.200. The van der Waals surface area contributed by atoms with E-state index in [2.05, 4.69) is 31.9 Å². The molecule has 0 bridgehead atoms. The second-order valence-corrected chi connectivity index (χ2v) is 5.94. The Morgan fingerprint density at radius 3 is 2.37 bits per heavy atom. The minimum Gasteiger partial charge on any atom is -0.456 e. The Kier molecular flexibility index (Phi) is 5.02. The summed E-state index contributed by atoms with van der Waals surface area (Å²) < 4.78 is 7.67. The molecule has 2 aromatic carbocycles. The first-order valence-electron chi connectivity index (χ1n) is 6.01. The van der Waals surface area contributed by atoms with Gasteiger partial charge < -0.3 is 9.84 Å². The summed E-state index contributed by atoms with van der Waals surface area (Å²) in [7, 11) is 0. The zero-order chi connectivity index (χ0) is 13.8. The third-order valence-corrected chi connectivity index (χ3v) is 3.89. The van der Waals surface area contributed by atoms with Crippen molar-refractivity contribution < 1.29 is 9.84 Å². The lowest BCUT2D eigenvalue weighted by Crippen LogP contribution is -1.94. The van der Waals surface area contributed by atoms with Crippen LogP contribution in [-0.2, 0) is 0 Å². The molecule has 2 aromatic rings. The molecule has 2 rings (SSSR count). The molecule has 0 unspecified atom stereocenters. The van der Waals surface area contributed by atoms with Gasteiger partial charge in [-0.1, -0.05) is 35.0 Å². The van der Waals surface area contributed by atoms with E-state index in [-0.39, 0.29) is 0 Å². The van der Waals surface area contributed by atoms with Crippen LogP contribution in [0.4, 0.5) is 0 Å². The highest BCUT2D eigenvalue weighted by Crippen LogP contribution is 2.32. The molecule has 0 saturated heterocycles. The van der Waals surface area contributed by atoms with E-state index in [0.29, 0.717) is 6.42 Å². The maximum atomic E-state index is 9.73. The molecule has 19 heavy (non-hydrogen) atoms. The van der Waals surface area contributed by atoms with Crippen molar-refractivity contribution in [1.29, 1.82) is 0 Å². The van der Waals surface area contributed by atoms with Crippen molar-refractivity contribution in [3.05, 3.63) is 57.0 Å². The number of benzene rings is 2.